The monoisotopic (exact) mass is 858 g/mol. The van der Waals surface area contributed by atoms with Crippen LogP contribution in [0.2, 0.25) is 0 Å². The van der Waals surface area contributed by atoms with Crippen molar-refractivity contribution in [2.24, 2.45) is 0 Å². The molecule has 2 heterocycles. The van der Waals surface area contributed by atoms with Crippen LogP contribution in [-0.4, -0.2) is 64.1 Å². The van der Waals surface area contributed by atoms with Crippen LogP contribution in [0.1, 0.15) is 0 Å². The second-order valence-corrected chi connectivity index (χ2v) is 17.6. The zero-order valence-corrected chi connectivity index (χ0v) is 37.5. The quantitative estimate of drug-likeness (QED) is 0.145. The van der Waals surface area contributed by atoms with Crippen LogP contribution in [0.4, 0.5) is 0 Å². The fourth-order valence-corrected chi connectivity index (χ4v) is 10.3. The molecule has 0 atom stereocenters. The van der Waals surface area contributed by atoms with Gasteiger partial charge in [-0.25, -0.2) is 0 Å². The lowest BCUT2D eigenvalue weighted by Crippen LogP contribution is -2.48. The lowest BCUT2D eigenvalue weighted by atomic mass is 9.64. The first-order valence-electron chi connectivity index (χ1n) is 22.8. The van der Waals surface area contributed by atoms with Gasteiger partial charge in [-0.05, 0) is 91.9 Å². The molecule has 0 bridgehead atoms. The van der Waals surface area contributed by atoms with Crippen molar-refractivity contribution in [2.45, 2.75) is 0 Å². The van der Waals surface area contributed by atoms with Gasteiger partial charge in [0, 0.05) is 44.1 Å². The summed E-state index contributed by atoms with van der Waals surface area (Å²) in [5.74, 6) is 0. The zero-order valence-electron chi connectivity index (χ0n) is 37.5. The van der Waals surface area contributed by atoms with Gasteiger partial charge in [-0.15, -0.1) is 10.9 Å². The highest BCUT2D eigenvalue weighted by Crippen LogP contribution is 2.40. The Morgan fingerprint density at radius 3 is 1.22 bits per heavy atom. The van der Waals surface area contributed by atoms with E-state index < -0.39 is 0 Å². The topological polar surface area (TPSA) is 9.86 Å². The SMILES string of the molecule is [B]c1c([B])c([B])c2c(c1[B])c1c([B])c(-c3ccc4c(c3)c3cccc(-c5ccccc5)c3n4-c3ccc(-c4ccccc4)cc3)c([B])c([B])c1n2-c1ccc(-c2ccc(-c3ccccc3)cc2)cc1. The van der Waals surface area contributed by atoms with Gasteiger partial charge in [0.15, 0.2) is 0 Å². The normalized spacial score (nSPS) is 11.6. The summed E-state index contributed by atoms with van der Waals surface area (Å²) in [6, 6.07) is 69.4. The number of hydrogen-bond acceptors (Lipinski definition) is 0. The van der Waals surface area contributed by atoms with Gasteiger partial charge in [-0.3, -0.25) is 0 Å². The molecule has 10 aromatic carbocycles. The Hall–Kier alpha value is -7.75. The zero-order chi connectivity index (χ0) is 47.1. The van der Waals surface area contributed by atoms with Crippen LogP contribution in [0.5, 0.6) is 0 Å². The third-order valence-electron chi connectivity index (χ3n) is 13.8. The molecule has 0 saturated heterocycles. The Morgan fingerprint density at radius 2 is 0.681 bits per heavy atom. The average molecular weight is 858 g/mol. The van der Waals surface area contributed by atoms with Crippen LogP contribution >= 0.6 is 0 Å². The molecule has 9 heteroatoms. The molecule has 0 unspecified atom stereocenters. The number of hydrogen-bond donors (Lipinski definition) is 0. The van der Waals surface area contributed by atoms with Crippen molar-refractivity contribution < 1.29 is 0 Å². The summed E-state index contributed by atoms with van der Waals surface area (Å²) in [5, 5.41) is 3.21. The summed E-state index contributed by atoms with van der Waals surface area (Å²) in [4.78, 5) is 0. The molecule has 0 aliphatic carbocycles. The highest BCUT2D eigenvalue weighted by Gasteiger charge is 2.25. The average Bonchev–Trinajstić information content (AvgIpc) is 3.94. The van der Waals surface area contributed by atoms with Crippen molar-refractivity contribution >= 4 is 137 Å². The largest absolute Gasteiger partial charge is 0.311 e. The van der Waals surface area contributed by atoms with E-state index in [1.165, 1.54) is 0 Å². The Labute approximate surface area is 410 Å². The van der Waals surface area contributed by atoms with Crippen molar-refractivity contribution in [3.63, 3.8) is 0 Å². The number of nitrogens with zero attached hydrogens (tertiary/aromatic N) is 2. The van der Waals surface area contributed by atoms with Crippen LogP contribution in [0.3, 0.4) is 0 Å². The summed E-state index contributed by atoms with van der Waals surface area (Å²) >= 11 is 0. The van der Waals surface area contributed by atoms with Gasteiger partial charge in [0.2, 0.25) is 0 Å². The number of fused-ring (bicyclic) bond motifs is 6. The third kappa shape index (κ3) is 6.81. The maximum absolute atomic E-state index is 7.43. The van der Waals surface area contributed by atoms with Crippen LogP contribution < -0.4 is 38.2 Å². The van der Waals surface area contributed by atoms with Gasteiger partial charge in [-0.1, -0.05) is 191 Å². The van der Waals surface area contributed by atoms with Gasteiger partial charge in [-0.2, -0.15) is 0 Å². The fourth-order valence-electron chi connectivity index (χ4n) is 10.3. The minimum Gasteiger partial charge on any atom is -0.311 e. The Kier molecular flexibility index (Phi) is 10.4. The smallest absolute Gasteiger partial charge is 0.115 e. The van der Waals surface area contributed by atoms with E-state index in [1.807, 2.05) is 47.0 Å². The van der Waals surface area contributed by atoms with Crippen molar-refractivity contribution in [3.8, 4) is 67.0 Å². The Balaban J connectivity index is 1.05. The van der Waals surface area contributed by atoms with E-state index in [4.69, 9.17) is 54.9 Å². The number of rotatable bonds is 7. The summed E-state index contributed by atoms with van der Waals surface area (Å²) in [6.45, 7) is 0. The molecule has 0 aliphatic heterocycles. The molecule has 69 heavy (non-hydrogen) atoms. The first kappa shape index (κ1) is 42.6. The predicted octanol–water partition coefficient (Wildman–Crippen LogP) is 7.77. The van der Waals surface area contributed by atoms with Crippen LogP contribution in [0.15, 0.2) is 200 Å². The molecule has 304 valence electrons. The minimum atomic E-state index is 0.171. The van der Waals surface area contributed by atoms with Crippen LogP contribution in [0, 0.1) is 0 Å². The molecule has 0 aliphatic rings. The molecular weight excluding hydrogens is 824 g/mol. The second kappa shape index (κ2) is 16.8. The molecule has 12 aromatic rings. The molecule has 0 saturated carbocycles. The number of aromatic nitrogens is 2. The van der Waals surface area contributed by atoms with Crippen molar-refractivity contribution in [1.82, 2.24) is 9.13 Å². The van der Waals surface area contributed by atoms with Gasteiger partial charge in [0.25, 0.3) is 0 Å². The highest BCUT2D eigenvalue weighted by atomic mass is 15.0. The second-order valence-electron chi connectivity index (χ2n) is 17.6. The van der Waals surface area contributed by atoms with Gasteiger partial charge in [0.05, 0.1) is 11.0 Å². The van der Waals surface area contributed by atoms with Crippen LogP contribution in [-0.2, 0) is 0 Å². The van der Waals surface area contributed by atoms with E-state index in [2.05, 4.69) is 162 Å². The first-order chi connectivity index (χ1) is 33.7. The lowest BCUT2D eigenvalue weighted by molar-refractivity contribution is 1.18. The Morgan fingerprint density at radius 1 is 0.261 bits per heavy atom. The van der Waals surface area contributed by atoms with E-state index in [9.17, 15) is 0 Å². The van der Waals surface area contributed by atoms with Crippen molar-refractivity contribution in [1.29, 1.82) is 0 Å². The summed E-state index contributed by atoms with van der Waals surface area (Å²) < 4.78 is 4.29. The first-order valence-corrected chi connectivity index (χ1v) is 22.8. The fraction of sp³-hybridized carbons (Fsp3) is 0. The van der Waals surface area contributed by atoms with Gasteiger partial charge >= 0.3 is 0 Å². The standard InChI is InChI=1S/C60H33B7N2/c61-51-48(41-27-32-47-46(33-41)45-18-10-17-44(40-15-8-3-9-16-40)58(45)68(47)42-28-23-38(24-29-42)35-13-6-2-7-14-35)52(62)56(66)59-49(51)50-53(63)54(64)55(65)57(67)60(50)69(59)43-30-25-39(26-31-43)37-21-19-36(20-22-37)34-11-4-1-5-12-34/h1-33H. The Bertz CT molecular complexity index is 3980. The summed E-state index contributed by atoms with van der Waals surface area (Å²) in [7, 11) is 49.0. The number of para-hydroxylation sites is 1. The van der Waals surface area contributed by atoms with Crippen molar-refractivity contribution in [3.05, 3.63) is 200 Å². The molecular formula is C60H33B7N2. The molecule has 12 rings (SSSR count). The molecule has 2 aromatic heterocycles. The van der Waals surface area contributed by atoms with E-state index in [-0.39, 0.29) is 21.9 Å². The predicted molar refractivity (Wildman–Crippen MR) is 300 cm³/mol. The van der Waals surface area contributed by atoms with E-state index in [0.717, 1.165) is 83.3 Å². The maximum atomic E-state index is 7.43. The van der Waals surface area contributed by atoms with E-state index in [0.29, 0.717) is 43.8 Å². The molecule has 0 fully saturated rings. The molecule has 0 N–H and O–H groups in total. The highest BCUT2D eigenvalue weighted by molar-refractivity contribution is 6.69. The van der Waals surface area contributed by atoms with E-state index >= 15 is 0 Å². The minimum absolute atomic E-state index is 0.171. The van der Waals surface area contributed by atoms with E-state index in [1.54, 1.807) is 0 Å². The van der Waals surface area contributed by atoms with Gasteiger partial charge < -0.3 is 9.13 Å². The molecule has 2 nitrogen and oxygen atoms in total. The maximum Gasteiger partial charge on any atom is 0.115 e. The van der Waals surface area contributed by atoms with Crippen molar-refractivity contribution in [2.75, 3.05) is 0 Å². The van der Waals surface area contributed by atoms with Crippen LogP contribution in [0.25, 0.3) is 111 Å². The lowest BCUT2D eigenvalue weighted by Gasteiger charge is -2.19. The molecule has 0 spiro atoms. The summed E-state index contributed by atoms with van der Waals surface area (Å²) in [5.41, 5.74) is 17.1. The van der Waals surface area contributed by atoms with Gasteiger partial charge in [0.1, 0.15) is 54.9 Å². The molecule has 0 amide bonds. The number of benzene rings is 10. The third-order valence-corrected chi connectivity index (χ3v) is 13.8. The molecule has 14 radical (unpaired) electrons. The summed E-state index contributed by atoms with van der Waals surface area (Å²) in [6.07, 6.45) is 0.